The second kappa shape index (κ2) is 7.42. The maximum atomic E-state index is 12.1. The Morgan fingerprint density at radius 3 is 2.58 bits per heavy atom. The number of nitrogens with zero attached hydrogens (tertiary/aromatic N) is 2. The van der Waals surface area contributed by atoms with Gasteiger partial charge in [-0.05, 0) is 18.6 Å². The monoisotopic (exact) mass is 361 g/mol. The summed E-state index contributed by atoms with van der Waals surface area (Å²) in [5, 5.41) is 2.59. The van der Waals surface area contributed by atoms with E-state index in [2.05, 4.69) is 5.32 Å². The highest BCUT2D eigenvalue weighted by Crippen LogP contribution is 2.30. The van der Waals surface area contributed by atoms with E-state index in [0.29, 0.717) is 22.8 Å². The number of rotatable bonds is 6. The van der Waals surface area contributed by atoms with Crippen molar-refractivity contribution in [2.75, 3.05) is 26.2 Å². The van der Waals surface area contributed by atoms with Crippen molar-refractivity contribution in [2.24, 2.45) is 0 Å². The van der Waals surface area contributed by atoms with Crippen molar-refractivity contribution < 1.29 is 28.7 Å². The SMILES string of the molecule is CCCN1C(=O)C(=O)N(CC(=O)NC[C@H]2COc3ccccc3O2)C1=O. The smallest absolute Gasteiger partial charge is 0.334 e. The van der Waals surface area contributed by atoms with Gasteiger partial charge in [-0.2, -0.15) is 0 Å². The minimum Gasteiger partial charge on any atom is -0.486 e. The number of para-hydroxylation sites is 2. The average molecular weight is 361 g/mol. The Morgan fingerprint density at radius 2 is 1.85 bits per heavy atom. The van der Waals surface area contributed by atoms with E-state index in [0.717, 1.165) is 4.90 Å². The predicted octanol–water partition coefficient (Wildman–Crippen LogP) is 0.143. The second-order valence-corrected chi connectivity index (χ2v) is 5.93. The number of urea groups is 1. The molecule has 1 aromatic rings. The number of carbonyl (C=O) groups excluding carboxylic acids is 4. The van der Waals surface area contributed by atoms with Crippen LogP contribution < -0.4 is 14.8 Å². The predicted molar refractivity (Wildman–Crippen MR) is 88.5 cm³/mol. The third-order valence-corrected chi connectivity index (χ3v) is 3.98. The van der Waals surface area contributed by atoms with E-state index in [1.807, 2.05) is 12.1 Å². The minimum atomic E-state index is -0.982. The van der Waals surface area contributed by atoms with Crippen LogP contribution in [-0.2, 0) is 14.4 Å². The third kappa shape index (κ3) is 3.46. The Bertz CT molecular complexity index is 750. The number of nitrogens with one attached hydrogen (secondary N) is 1. The molecule has 0 bridgehead atoms. The Morgan fingerprint density at radius 1 is 1.15 bits per heavy atom. The van der Waals surface area contributed by atoms with Gasteiger partial charge >= 0.3 is 17.8 Å². The molecular weight excluding hydrogens is 342 g/mol. The van der Waals surface area contributed by atoms with E-state index in [4.69, 9.17) is 9.47 Å². The van der Waals surface area contributed by atoms with E-state index < -0.39 is 36.4 Å². The van der Waals surface area contributed by atoms with Crippen LogP contribution in [0.2, 0.25) is 0 Å². The molecule has 0 unspecified atom stereocenters. The molecule has 3 rings (SSSR count). The van der Waals surface area contributed by atoms with Crippen LogP contribution in [0.3, 0.4) is 0 Å². The summed E-state index contributed by atoms with van der Waals surface area (Å²) in [7, 11) is 0. The Labute approximate surface area is 149 Å². The summed E-state index contributed by atoms with van der Waals surface area (Å²) in [4.78, 5) is 49.3. The van der Waals surface area contributed by atoms with Crippen molar-refractivity contribution in [3.05, 3.63) is 24.3 Å². The summed E-state index contributed by atoms with van der Waals surface area (Å²) in [5.74, 6) is -1.21. The van der Waals surface area contributed by atoms with Gasteiger partial charge in [-0.1, -0.05) is 19.1 Å². The van der Waals surface area contributed by atoms with Gasteiger partial charge in [0, 0.05) is 6.54 Å². The molecule has 26 heavy (non-hydrogen) atoms. The van der Waals surface area contributed by atoms with Crippen LogP contribution in [-0.4, -0.2) is 65.9 Å². The lowest BCUT2D eigenvalue weighted by molar-refractivity contribution is -0.144. The van der Waals surface area contributed by atoms with E-state index >= 15 is 0 Å². The van der Waals surface area contributed by atoms with Crippen LogP contribution in [0, 0.1) is 0 Å². The molecule has 1 fully saturated rings. The van der Waals surface area contributed by atoms with Gasteiger partial charge in [-0.3, -0.25) is 19.3 Å². The Kier molecular flexibility index (Phi) is 5.06. The Balaban J connectivity index is 1.51. The number of hydrogen-bond donors (Lipinski definition) is 1. The summed E-state index contributed by atoms with van der Waals surface area (Å²) in [6.45, 7) is 1.84. The van der Waals surface area contributed by atoms with E-state index in [9.17, 15) is 19.2 Å². The third-order valence-electron chi connectivity index (χ3n) is 3.98. The van der Waals surface area contributed by atoms with Gasteiger partial charge in [-0.25, -0.2) is 9.69 Å². The number of carbonyl (C=O) groups is 4. The van der Waals surface area contributed by atoms with Gasteiger partial charge in [0.05, 0.1) is 6.54 Å². The van der Waals surface area contributed by atoms with Crippen LogP contribution in [0.15, 0.2) is 24.3 Å². The molecule has 5 amide bonds. The zero-order valence-electron chi connectivity index (χ0n) is 14.3. The molecule has 2 aliphatic rings. The van der Waals surface area contributed by atoms with Gasteiger partial charge in [0.25, 0.3) is 0 Å². The molecule has 1 saturated heterocycles. The van der Waals surface area contributed by atoms with Gasteiger partial charge < -0.3 is 14.8 Å². The number of benzene rings is 1. The fraction of sp³-hybridized carbons (Fsp3) is 0.412. The fourth-order valence-electron chi connectivity index (χ4n) is 2.70. The first-order valence-electron chi connectivity index (χ1n) is 8.33. The lowest BCUT2D eigenvalue weighted by Gasteiger charge is -2.26. The zero-order valence-corrected chi connectivity index (χ0v) is 14.3. The number of hydrogen-bond acceptors (Lipinski definition) is 6. The maximum absolute atomic E-state index is 12.1. The molecule has 1 atom stereocenters. The molecule has 0 radical (unpaired) electrons. The number of imide groups is 2. The molecule has 0 aliphatic carbocycles. The van der Waals surface area contributed by atoms with Crippen LogP contribution in [0.5, 0.6) is 11.5 Å². The molecule has 0 spiro atoms. The van der Waals surface area contributed by atoms with Crippen molar-refractivity contribution in [2.45, 2.75) is 19.4 Å². The van der Waals surface area contributed by atoms with Crippen LogP contribution in [0.1, 0.15) is 13.3 Å². The summed E-state index contributed by atoms with van der Waals surface area (Å²) in [6, 6.07) is 6.43. The molecule has 1 aromatic carbocycles. The van der Waals surface area contributed by atoms with Gasteiger partial charge in [-0.15, -0.1) is 0 Å². The first kappa shape index (κ1) is 17.7. The molecule has 9 nitrogen and oxygen atoms in total. The lowest BCUT2D eigenvalue weighted by Crippen LogP contribution is -2.46. The van der Waals surface area contributed by atoms with Crippen LogP contribution in [0.4, 0.5) is 4.79 Å². The summed E-state index contributed by atoms with van der Waals surface area (Å²) in [6.07, 6.45) is 0.141. The van der Waals surface area contributed by atoms with E-state index in [1.165, 1.54) is 0 Å². The Hall–Kier alpha value is -3.10. The van der Waals surface area contributed by atoms with Gasteiger partial charge in [0.15, 0.2) is 11.5 Å². The van der Waals surface area contributed by atoms with Crippen molar-refractivity contribution in [1.82, 2.24) is 15.1 Å². The van der Waals surface area contributed by atoms with Crippen molar-refractivity contribution >= 4 is 23.8 Å². The number of amides is 5. The van der Waals surface area contributed by atoms with E-state index in [1.54, 1.807) is 19.1 Å². The van der Waals surface area contributed by atoms with Gasteiger partial charge in [0.2, 0.25) is 5.91 Å². The summed E-state index contributed by atoms with van der Waals surface area (Å²) >= 11 is 0. The molecule has 2 aliphatic heterocycles. The number of fused-ring (bicyclic) bond motifs is 1. The first-order valence-corrected chi connectivity index (χ1v) is 8.33. The standard InChI is InChI=1S/C17H19N3O6/c1-2-7-19-15(22)16(23)20(17(19)24)9-14(21)18-8-11-10-25-12-5-3-4-6-13(12)26-11/h3-6,11H,2,7-10H2,1H3,(H,18,21)/t11-/m0/s1. The molecular formula is C17H19N3O6. The quantitative estimate of drug-likeness (QED) is 0.571. The molecule has 9 heteroatoms. The van der Waals surface area contributed by atoms with E-state index in [-0.39, 0.29) is 19.7 Å². The minimum absolute atomic E-state index is 0.147. The molecule has 138 valence electrons. The molecule has 0 aromatic heterocycles. The average Bonchev–Trinajstić information content (AvgIpc) is 2.84. The highest BCUT2D eigenvalue weighted by atomic mass is 16.6. The van der Waals surface area contributed by atoms with Crippen molar-refractivity contribution in [3.63, 3.8) is 0 Å². The summed E-state index contributed by atoms with van der Waals surface area (Å²) < 4.78 is 11.3. The maximum Gasteiger partial charge on any atom is 0.334 e. The molecule has 1 N–H and O–H groups in total. The van der Waals surface area contributed by atoms with Crippen LogP contribution >= 0.6 is 0 Å². The normalized spacial score (nSPS) is 19.1. The lowest BCUT2D eigenvalue weighted by atomic mass is 10.2. The first-order chi connectivity index (χ1) is 12.5. The largest absolute Gasteiger partial charge is 0.486 e. The van der Waals surface area contributed by atoms with Crippen molar-refractivity contribution in [1.29, 1.82) is 0 Å². The van der Waals surface area contributed by atoms with Gasteiger partial charge in [0.1, 0.15) is 19.3 Å². The molecule has 2 heterocycles. The highest BCUT2D eigenvalue weighted by molar-refractivity contribution is 6.45. The van der Waals surface area contributed by atoms with Crippen LogP contribution in [0.25, 0.3) is 0 Å². The highest BCUT2D eigenvalue weighted by Gasteiger charge is 2.44. The zero-order chi connectivity index (χ0) is 18.7. The van der Waals surface area contributed by atoms with Crippen molar-refractivity contribution in [3.8, 4) is 11.5 Å². The fourth-order valence-corrected chi connectivity index (χ4v) is 2.70. The summed E-state index contributed by atoms with van der Waals surface area (Å²) in [5.41, 5.74) is 0. The topological polar surface area (TPSA) is 105 Å². The number of ether oxygens (including phenoxy) is 2. The second-order valence-electron chi connectivity index (χ2n) is 5.93. The molecule has 0 saturated carbocycles.